The van der Waals surface area contributed by atoms with Crippen LogP contribution in [0.15, 0.2) is 52.5 Å². The lowest BCUT2D eigenvalue weighted by molar-refractivity contribution is -0.113. The van der Waals surface area contributed by atoms with Crippen LogP contribution in [0.25, 0.3) is 0 Å². The molecule has 0 aliphatic heterocycles. The number of rotatable bonds is 5. The van der Waals surface area contributed by atoms with Crippen LogP contribution in [0.5, 0.6) is 0 Å². The first-order valence-electron chi connectivity index (χ1n) is 6.19. The van der Waals surface area contributed by atoms with Crippen molar-refractivity contribution in [1.29, 1.82) is 0 Å². The van der Waals surface area contributed by atoms with Gasteiger partial charge in [0.25, 0.3) is 0 Å². The average molecular weight is 357 g/mol. The molecule has 0 atom stereocenters. The molecule has 1 aromatic carbocycles. The van der Waals surface area contributed by atoms with Gasteiger partial charge in [-0.3, -0.25) is 4.79 Å². The third kappa shape index (κ3) is 4.72. The van der Waals surface area contributed by atoms with Crippen molar-refractivity contribution in [3.8, 4) is 0 Å². The maximum absolute atomic E-state index is 11.9. The number of carbonyl (C=O) groups excluding carboxylic acids is 1. The minimum atomic E-state index is -3.24. The van der Waals surface area contributed by atoms with Crippen molar-refractivity contribution >= 4 is 44.8 Å². The van der Waals surface area contributed by atoms with E-state index in [2.05, 4.69) is 10.3 Å². The molecule has 0 spiro atoms. The SMILES string of the molecule is CS(=O)(=O)c1ccc(NC(=O)CSc2ncccc2Cl)cc1. The van der Waals surface area contributed by atoms with Crippen molar-refractivity contribution < 1.29 is 13.2 Å². The van der Waals surface area contributed by atoms with Crippen LogP contribution in [0.2, 0.25) is 5.02 Å². The maximum Gasteiger partial charge on any atom is 0.234 e. The summed E-state index contributed by atoms with van der Waals surface area (Å²) >= 11 is 7.19. The first-order chi connectivity index (χ1) is 10.4. The van der Waals surface area contributed by atoms with E-state index >= 15 is 0 Å². The van der Waals surface area contributed by atoms with Crippen LogP contribution in [0.4, 0.5) is 5.69 Å². The molecule has 0 radical (unpaired) electrons. The molecule has 5 nitrogen and oxygen atoms in total. The van der Waals surface area contributed by atoms with Gasteiger partial charge < -0.3 is 5.32 Å². The highest BCUT2D eigenvalue weighted by Gasteiger charge is 2.09. The van der Waals surface area contributed by atoms with Crippen molar-refractivity contribution in [2.45, 2.75) is 9.92 Å². The molecule has 8 heteroatoms. The van der Waals surface area contributed by atoms with E-state index in [9.17, 15) is 13.2 Å². The van der Waals surface area contributed by atoms with Gasteiger partial charge in [0.05, 0.1) is 15.7 Å². The predicted molar refractivity (Wildman–Crippen MR) is 88.2 cm³/mol. The molecule has 1 aromatic heterocycles. The van der Waals surface area contributed by atoms with Gasteiger partial charge in [0.15, 0.2) is 9.84 Å². The molecule has 0 saturated heterocycles. The minimum Gasteiger partial charge on any atom is -0.325 e. The number of halogens is 1. The van der Waals surface area contributed by atoms with Crippen LogP contribution in [0, 0.1) is 0 Å². The van der Waals surface area contributed by atoms with Crippen molar-refractivity contribution in [3.05, 3.63) is 47.6 Å². The van der Waals surface area contributed by atoms with E-state index in [0.717, 1.165) is 6.26 Å². The number of hydrogen-bond acceptors (Lipinski definition) is 5. The number of nitrogens with one attached hydrogen (secondary N) is 1. The first kappa shape index (κ1) is 16.8. The molecule has 0 saturated carbocycles. The summed E-state index contributed by atoms with van der Waals surface area (Å²) in [6, 6.07) is 9.43. The van der Waals surface area contributed by atoms with Crippen LogP contribution >= 0.6 is 23.4 Å². The fraction of sp³-hybridized carbons (Fsp3) is 0.143. The largest absolute Gasteiger partial charge is 0.325 e. The average Bonchev–Trinajstić information content (AvgIpc) is 2.46. The van der Waals surface area contributed by atoms with E-state index in [-0.39, 0.29) is 16.6 Å². The van der Waals surface area contributed by atoms with E-state index in [1.807, 2.05) is 0 Å². The molecule has 0 unspecified atom stereocenters. The van der Waals surface area contributed by atoms with Gasteiger partial charge in [-0.05, 0) is 36.4 Å². The molecule has 0 aliphatic carbocycles. The van der Waals surface area contributed by atoms with Gasteiger partial charge in [-0.25, -0.2) is 13.4 Å². The van der Waals surface area contributed by atoms with E-state index in [1.54, 1.807) is 30.5 Å². The van der Waals surface area contributed by atoms with Crippen LogP contribution in [-0.2, 0) is 14.6 Å². The number of anilines is 1. The Morgan fingerprint density at radius 2 is 1.95 bits per heavy atom. The van der Waals surface area contributed by atoms with Crippen molar-refractivity contribution in [2.24, 2.45) is 0 Å². The number of carbonyl (C=O) groups is 1. The highest BCUT2D eigenvalue weighted by Crippen LogP contribution is 2.24. The molecule has 0 fully saturated rings. The molecular formula is C14H13ClN2O3S2. The summed E-state index contributed by atoms with van der Waals surface area (Å²) in [6.07, 6.45) is 2.74. The van der Waals surface area contributed by atoms with E-state index in [0.29, 0.717) is 15.7 Å². The van der Waals surface area contributed by atoms with Gasteiger partial charge in [0, 0.05) is 18.1 Å². The van der Waals surface area contributed by atoms with E-state index in [1.165, 1.54) is 23.9 Å². The Morgan fingerprint density at radius 3 is 2.55 bits per heavy atom. The lowest BCUT2D eigenvalue weighted by Gasteiger charge is -2.06. The molecule has 1 heterocycles. The van der Waals surface area contributed by atoms with Gasteiger partial charge in [-0.15, -0.1) is 0 Å². The summed E-state index contributed by atoms with van der Waals surface area (Å²) in [5.74, 6) is -0.0660. The zero-order valence-electron chi connectivity index (χ0n) is 11.6. The standard InChI is InChI=1S/C14H13ClN2O3S2/c1-22(19,20)11-6-4-10(5-7-11)17-13(18)9-21-14-12(15)3-2-8-16-14/h2-8H,9H2,1H3,(H,17,18). The number of aromatic nitrogens is 1. The number of sulfone groups is 1. The number of hydrogen-bond donors (Lipinski definition) is 1. The number of thioether (sulfide) groups is 1. The number of pyridine rings is 1. The molecule has 116 valence electrons. The topological polar surface area (TPSA) is 76.1 Å². The van der Waals surface area contributed by atoms with Crippen molar-refractivity contribution in [3.63, 3.8) is 0 Å². The third-order valence-corrected chi connectivity index (χ3v) is 5.18. The number of amides is 1. The third-order valence-electron chi connectivity index (χ3n) is 2.63. The van der Waals surface area contributed by atoms with Gasteiger partial charge in [-0.1, -0.05) is 23.4 Å². The molecule has 2 rings (SSSR count). The Labute approximate surface area is 138 Å². The Kier molecular flexibility index (Phi) is 5.44. The van der Waals surface area contributed by atoms with Crippen molar-refractivity contribution in [1.82, 2.24) is 4.98 Å². The smallest absolute Gasteiger partial charge is 0.234 e. The normalized spacial score (nSPS) is 11.2. The van der Waals surface area contributed by atoms with Crippen LogP contribution in [0.1, 0.15) is 0 Å². The first-order valence-corrected chi connectivity index (χ1v) is 9.45. The Hall–Kier alpha value is -1.57. The second-order valence-electron chi connectivity index (χ2n) is 4.42. The fourth-order valence-corrected chi connectivity index (χ4v) is 3.19. The fourth-order valence-electron chi connectivity index (χ4n) is 1.59. The van der Waals surface area contributed by atoms with E-state index < -0.39 is 9.84 Å². The Morgan fingerprint density at radius 1 is 1.27 bits per heavy atom. The minimum absolute atomic E-state index is 0.157. The summed E-state index contributed by atoms with van der Waals surface area (Å²) in [5, 5.41) is 3.77. The number of benzene rings is 1. The van der Waals surface area contributed by atoms with Crippen LogP contribution in [-0.4, -0.2) is 31.3 Å². The zero-order chi connectivity index (χ0) is 16.2. The summed E-state index contributed by atoms with van der Waals surface area (Å²) < 4.78 is 22.7. The van der Waals surface area contributed by atoms with Crippen LogP contribution in [0.3, 0.4) is 0 Å². The van der Waals surface area contributed by atoms with E-state index in [4.69, 9.17) is 11.6 Å². The molecule has 1 N–H and O–H groups in total. The van der Waals surface area contributed by atoms with Gasteiger partial charge in [0.2, 0.25) is 5.91 Å². The summed E-state index contributed by atoms with van der Waals surface area (Å²) in [4.78, 5) is 16.1. The quantitative estimate of drug-likeness (QED) is 0.833. The highest BCUT2D eigenvalue weighted by atomic mass is 35.5. The Bertz CT molecular complexity index is 777. The predicted octanol–water partition coefficient (Wildman–Crippen LogP) is 2.87. The van der Waals surface area contributed by atoms with Gasteiger partial charge in [-0.2, -0.15) is 0 Å². The molecule has 22 heavy (non-hydrogen) atoms. The molecular weight excluding hydrogens is 344 g/mol. The Balaban J connectivity index is 1.94. The summed E-state index contributed by atoms with van der Waals surface area (Å²) in [7, 11) is -3.24. The molecule has 0 bridgehead atoms. The highest BCUT2D eigenvalue weighted by molar-refractivity contribution is 8.00. The molecule has 0 aliphatic rings. The van der Waals surface area contributed by atoms with Gasteiger partial charge >= 0.3 is 0 Å². The summed E-state index contributed by atoms with van der Waals surface area (Å²) in [5.41, 5.74) is 0.533. The molecule has 1 amide bonds. The number of nitrogens with zero attached hydrogens (tertiary/aromatic N) is 1. The van der Waals surface area contributed by atoms with Crippen molar-refractivity contribution in [2.75, 3.05) is 17.3 Å². The zero-order valence-corrected chi connectivity index (χ0v) is 14.0. The monoisotopic (exact) mass is 356 g/mol. The maximum atomic E-state index is 11.9. The lowest BCUT2D eigenvalue weighted by atomic mass is 10.3. The second kappa shape index (κ2) is 7.13. The van der Waals surface area contributed by atoms with Gasteiger partial charge in [0.1, 0.15) is 5.03 Å². The molecule has 2 aromatic rings. The lowest BCUT2D eigenvalue weighted by Crippen LogP contribution is -2.14. The summed E-state index contributed by atoms with van der Waals surface area (Å²) in [6.45, 7) is 0. The second-order valence-corrected chi connectivity index (χ2v) is 7.81. The van der Waals surface area contributed by atoms with Crippen LogP contribution < -0.4 is 5.32 Å².